The molecule has 1 fully saturated rings. The fraction of sp³-hybridized carbons (Fsp3) is 0.111. The van der Waals surface area contributed by atoms with E-state index in [1.807, 2.05) is 0 Å². The first-order chi connectivity index (χ1) is 6.68. The van der Waals surface area contributed by atoms with Crippen molar-refractivity contribution < 1.29 is 9.59 Å². The second-order valence-electron chi connectivity index (χ2n) is 2.98. The molecule has 1 aliphatic rings. The van der Waals surface area contributed by atoms with Crippen LogP contribution in [0.1, 0.15) is 0 Å². The fourth-order valence-electron chi connectivity index (χ4n) is 1.35. The van der Waals surface area contributed by atoms with Crippen LogP contribution in [0.5, 0.6) is 0 Å². The molecule has 0 radical (unpaired) electrons. The summed E-state index contributed by atoms with van der Waals surface area (Å²) < 4.78 is 0. The molecule has 5 nitrogen and oxygen atoms in total. The summed E-state index contributed by atoms with van der Waals surface area (Å²) in [4.78, 5) is 23.6. The van der Waals surface area contributed by atoms with E-state index >= 15 is 0 Å². The third-order valence-corrected chi connectivity index (χ3v) is 1.97. The van der Waals surface area contributed by atoms with Gasteiger partial charge in [0.15, 0.2) is 0 Å². The molecule has 5 heteroatoms. The van der Waals surface area contributed by atoms with Crippen LogP contribution in [0.4, 0.5) is 16.2 Å². The van der Waals surface area contributed by atoms with Crippen LogP contribution in [0.25, 0.3) is 0 Å². The zero-order valence-electron chi connectivity index (χ0n) is 7.36. The number of hydrogen-bond donors (Lipinski definition) is 2. The zero-order chi connectivity index (χ0) is 10.1. The second kappa shape index (κ2) is 3.02. The number of nitrogens with zero attached hydrogens (tertiary/aromatic N) is 1. The predicted molar refractivity (Wildman–Crippen MR) is 51.7 cm³/mol. The Kier molecular flexibility index (Phi) is 1.85. The summed E-state index contributed by atoms with van der Waals surface area (Å²) in [6.45, 7) is 0.0492. The van der Waals surface area contributed by atoms with E-state index in [-0.39, 0.29) is 12.5 Å². The van der Waals surface area contributed by atoms with E-state index in [9.17, 15) is 9.59 Å². The summed E-state index contributed by atoms with van der Waals surface area (Å²) in [7, 11) is 0. The molecule has 3 amide bonds. The number of carbonyl (C=O) groups is 2. The summed E-state index contributed by atoms with van der Waals surface area (Å²) in [6, 6.07) is 6.24. The lowest BCUT2D eigenvalue weighted by atomic mass is 10.2. The van der Waals surface area contributed by atoms with Gasteiger partial charge in [0.25, 0.3) is 5.91 Å². The second-order valence-corrected chi connectivity index (χ2v) is 2.98. The highest BCUT2D eigenvalue weighted by molar-refractivity contribution is 6.19. The van der Waals surface area contributed by atoms with Gasteiger partial charge < -0.3 is 11.1 Å². The average Bonchev–Trinajstić information content (AvgIpc) is 2.46. The van der Waals surface area contributed by atoms with Crippen LogP contribution < -0.4 is 16.0 Å². The molecule has 1 saturated heterocycles. The van der Waals surface area contributed by atoms with E-state index in [2.05, 4.69) is 5.32 Å². The quantitative estimate of drug-likeness (QED) is 0.496. The van der Waals surface area contributed by atoms with Crippen molar-refractivity contribution in [3.05, 3.63) is 24.3 Å². The van der Waals surface area contributed by atoms with Crippen molar-refractivity contribution in [2.24, 2.45) is 0 Å². The number of anilines is 2. The number of carbonyl (C=O) groups excluding carboxylic acids is 2. The minimum absolute atomic E-state index is 0.0492. The maximum atomic E-state index is 11.3. The third kappa shape index (κ3) is 1.28. The SMILES string of the molecule is Nc1cccc(N2C(=O)CNC2=O)c1. The Morgan fingerprint density at radius 2 is 2.14 bits per heavy atom. The first-order valence-electron chi connectivity index (χ1n) is 4.15. The van der Waals surface area contributed by atoms with Crippen molar-refractivity contribution in [2.45, 2.75) is 0 Å². The Morgan fingerprint density at radius 1 is 1.36 bits per heavy atom. The van der Waals surface area contributed by atoms with Crippen molar-refractivity contribution in [3.8, 4) is 0 Å². The van der Waals surface area contributed by atoms with Crippen LogP contribution in [0.15, 0.2) is 24.3 Å². The maximum Gasteiger partial charge on any atom is 0.329 e. The molecule has 0 aromatic heterocycles. The van der Waals surface area contributed by atoms with Gasteiger partial charge in [-0.25, -0.2) is 9.69 Å². The van der Waals surface area contributed by atoms with Crippen LogP contribution in [0, 0.1) is 0 Å². The number of amides is 3. The summed E-state index contributed by atoms with van der Waals surface area (Å²) in [6.07, 6.45) is 0. The summed E-state index contributed by atoms with van der Waals surface area (Å²) in [5, 5.41) is 2.43. The predicted octanol–water partition coefficient (Wildman–Crippen LogP) is 0.325. The zero-order valence-corrected chi connectivity index (χ0v) is 7.36. The van der Waals surface area contributed by atoms with Gasteiger partial charge in [-0.15, -0.1) is 0 Å². The maximum absolute atomic E-state index is 11.3. The number of hydrogen-bond acceptors (Lipinski definition) is 3. The van der Waals surface area contributed by atoms with Gasteiger partial charge in [-0.3, -0.25) is 4.79 Å². The van der Waals surface area contributed by atoms with Crippen molar-refractivity contribution in [2.75, 3.05) is 17.2 Å². The Bertz CT molecular complexity index is 387. The molecule has 0 aliphatic carbocycles. The summed E-state index contributed by atoms with van der Waals surface area (Å²) in [5.74, 6) is -0.263. The molecule has 1 aliphatic heterocycles. The van der Waals surface area contributed by atoms with E-state index in [0.29, 0.717) is 11.4 Å². The third-order valence-electron chi connectivity index (χ3n) is 1.97. The van der Waals surface area contributed by atoms with Gasteiger partial charge in [0, 0.05) is 5.69 Å². The molecule has 0 spiro atoms. The highest BCUT2D eigenvalue weighted by Crippen LogP contribution is 2.19. The molecule has 14 heavy (non-hydrogen) atoms. The lowest BCUT2D eigenvalue weighted by Crippen LogP contribution is -2.30. The van der Waals surface area contributed by atoms with Crippen molar-refractivity contribution in [3.63, 3.8) is 0 Å². The van der Waals surface area contributed by atoms with Gasteiger partial charge in [0.1, 0.15) is 0 Å². The molecule has 0 atom stereocenters. The number of rotatable bonds is 1. The standard InChI is InChI=1S/C9H9N3O2/c10-6-2-1-3-7(4-6)12-8(13)5-11-9(12)14/h1-4H,5,10H2,(H,11,14). The van der Waals surface area contributed by atoms with E-state index in [0.717, 1.165) is 4.90 Å². The van der Waals surface area contributed by atoms with Crippen molar-refractivity contribution >= 4 is 23.3 Å². The van der Waals surface area contributed by atoms with Gasteiger partial charge in [-0.1, -0.05) is 6.07 Å². The van der Waals surface area contributed by atoms with E-state index in [1.165, 1.54) is 0 Å². The molecule has 1 aromatic carbocycles. The largest absolute Gasteiger partial charge is 0.399 e. The molecular weight excluding hydrogens is 182 g/mol. The minimum Gasteiger partial charge on any atom is -0.399 e. The molecule has 0 bridgehead atoms. The van der Waals surface area contributed by atoms with Gasteiger partial charge in [0.2, 0.25) is 0 Å². The number of benzene rings is 1. The minimum atomic E-state index is -0.402. The molecule has 3 N–H and O–H groups in total. The van der Waals surface area contributed by atoms with Gasteiger partial charge in [0.05, 0.1) is 12.2 Å². The Morgan fingerprint density at radius 3 is 2.71 bits per heavy atom. The molecule has 1 aromatic rings. The molecule has 72 valence electrons. The van der Waals surface area contributed by atoms with Crippen LogP contribution in [0.3, 0.4) is 0 Å². The summed E-state index contributed by atoms with van der Waals surface area (Å²) in [5.41, 5.74) is 6.58. The topological polar surface area (TPSA) is 75.4 Å². The highest BCUT2D eigenvalue weighted by Gasteiger charge is 2.29. The normalized spacial score (nSPS) is 15.9. The van der Waals surface area contributed by atoms with E-state index in [4.69, 9.17) is 5.73 Å². The van der Waals surface area contributed by atoms with Gasteiger partial charge >= 0.3 is 6.03 Å². The van der Waals surface area contributed by atoms with Crippen LogP contribution >= 0.6 is 0 Å². The van der Waals surface area contributed by atoms with Crippen LogP contribution in [-0.2, 0) is 4.79 Å². The number of nitrogen functional groups attached to an aromatic ring is 1. The van der Waals surface area contributed by atoms with E-state index in [1.54, 1.807) is 24.3 Å². The Labute approximate surface area is 80.5 Å². The first kappa shape index (κ1) is 8.55. The van der Waals surface area contributed by atoms with Crippen LogP contribution in [-0.4, -0.2) is 18.5 Å². The van der Waals surface area contributed by atoms with Crippen LogP contribution in [0.2, 0.25) is 0 Å². The molecule has 2 rings (SSSR count). The Balaban J connectivity index is 2.39. The monoisotopic (exact) mass is 191 g/mol. The average molecular weight is 191 g/mol. The first-order valence-corrected chi connectivity index (χ1v) is 4.15. The molecule has 0 saturated carbocycles. The summed E-state index contributed by atoms with van der Waals surface area (Å²) >= 11 is 0. The number of urea groups is 1. The molecular formula is C9H9N3O2. The number of nitrogens with two attached hydrogens (primary N) is 1. The fourth-order valence-corrected chi connectivity index (χ4v) is 1.35. The Hall–Kier alpha value is -2.04. The molecule has 1 heterocycles. The molecule has 0 unspecified atom stereocenters. The van der Waals surface area contributed by atoms with E-state index < -0.39 is 6.03 Å². The van der Waals surface area contributed by atoms with Crippen molar-refractivity contribution in [1.29, 1.82) is 0 Å². The number of imide groups is 1. The number of nitrogens with one attached hydrogen (secondary N) is 1. The van der Waals surface area contributed by atoms with Gasteiger partial charge in [-0.05, 0) is 18.2 Å². The smallest absolute Gasteiger partial charge is 0.329 e. The lowest BCUT2D eigenvalue weighted by molar-refractivity contribution is -0.115. The lowest BCUT2D eigenvalue weighted by Gasteiger charge is -2.12. The highest BCUT2D eigenvalue weighted by atomic mass is 16.2. The van der Waals surface area contributed by atoms with Gasteiger partial charge in [-0.2, -0.15) is 0 Å². The van der Waals surface area contributed by atoms with Crippen molar-refractivity contribution in [1.82, 2.24) is 5.32 Å².